The molecule has 0 aromatic heterocycles. The van der Waals surface area contributed by atoms with Crippen molar-refractivity contribution in [1.29, 1.82) is 0 Å². The van der Waals surface area contributed by atoms with E-state index in [1.807, 2.05) is 20.8 Å². The minimum atomic E-state index is -0.484. The summed E-state index contributed by atoms with van der Waals surface area (Å²) < 4.78 is 16.0. The number of hydrogen-bond donors (Lipinski definition) is 0. The summed E-state index contributed by atoms with van der Waals surface area (Å²) in [5, 5.41) is 0. The third-order valence-corrected chi connectivity index (χ3v) is 3.39. The van der Waals surface area contributed by atoms with Gasteiger partial charge >= 0.3 is 11.9 Å². The zero-order valence-electron chi connectivity index (χ0n) is 15.4. The Kier molecular flexibility index (Phi) is 7.21. The summed E-state index contributed by atoms with van der Waals surface area (Å²) in [7, 11) is 0. The molecule has 0 amide bonds. The molecule has 0 aliphatic rings. The fraction of sp³-hybridized carbons (Fsp3) is 0.333. The van der Waals surface area contributed by atoms with Crippen molar-refractivity contribution in [2.45, 2.75) is 27.2 Å². The van der Waals surface area contributed by atoms with Crippen molar-refractivity contribution in [1.82, 2.24) is 0 Å². The number of ether oxygens (including phenoxy) is 3. The molecule has 26 heavy (non-hydrogen) atoms. The highest BCUT2D eigenvalue weighted by atomic mass is 16.5. The van der Waals surface area contributed by atoms with Gasteiger partial charge in [0.15, 0.2) is 0 Å². The second kappa shape index (κ2) is 9.61. The van der Waals surface area contributed by atoms with Crippen LogP contribution >= 0.6 is 0 Å². The second-order valence-electron chi connectivity index (χ2n) is 6.28. The summed E-state index contributed by atoms with van der Waals surface area (Å²) in [6, 6.07) is 13.1. The molecule has 0 fully saturated rings. The van der Waals surface area contributed by atoms with Crippen molar-refractivity contribution in [3.8, 4) is 11.5 Å². The predicted octanol–water partition coefficient (Wildman–Crippen LogP) is 4.51. The Hall–Kier alpha value is -2.82. The Morgan fingerprint density at radius 2 is 1.65 bits per heavy atom. The van der Waals surface area contributed by atoms with Gasteiger partial charge in [-0.2, -0.15) is 0 Å². The average molecular weight is 356 g/mol. The van der Waals surface area contributed by atoms with Crippen molar-refractivity contribution >= 4 is 11.9 Å². The highest BCUT2D eigenvalue weighted by Gasteiger charge is 2.12. The molecule has 0 aliphatic carbocycles. The second-order valence-corrected chi connectivity index (χ2v) is 6.28. The molecule has 0 radical (unpaired) electrons. The first-order valence-corrected chi connectivity index (χ1v) is 8.71. The molecule has 0 atom stereocenters. The van der Waals surface area contributed by atoms with E-state index in [2.05, 4.69) is 0 Å². The molecule has 5 heteroatoms. The van der Waals surface area contributed by atoms with Gasteiger partial charge in [0.05, 0.1) is 24.3 Å². The van der Waals surface area contributed by atoms with Crippen LogP contribution in [0, 0.1) is 5.92 Å². The Morgan fingerprint density at radius 3 is 2.31 bits per heavy atom. The van der Waals surface area contributed by atoms with E-state index in [-0.39, 0.29) is 5.92 Å². The SMILES string of the molecule is CCCOc1cccc(C(=O)Oc2ccc(C(=O)OCC(C)C)cc2)c1. The van der Waals surface area contributed by atoms with Crippen LogP contribution in [0.4, 0.5) is 0 Å². The highest BCUT2D eigenvalue weighted by Crippen LogP contribution is 2.18. The van der Waals surface area contributed by atoms with Gasteiger partial charge in [0, 0.05) is 0 Å². The molecule has 2 aromatic carbocycles. The normalized spacial score (nSPS) is 10.5. The topological polar surface area (TPSA) is 61.8 Å². The molecular weight excluding hydrogens is 332 g/mol. The molecule has 0 spiro atoms. The molecule has 0 heterocycles. The quantitative estimate of drug-likeness (QED) is 0.514. The van der Waals surface area contributed by atoms with Crippen molar-refractivity contribution in [2.75, 3.05) is 13.2 Å². The van der Waals surface area contributed by atoms with Gasteiger partial charge in [-0.15, -0.1) is 0 Å². The monoisotopic (exact) mass is 356 g/mol. The summed E-state index contributed by atoms with van der Waals surface area (Å²) in [5.74, 6) is 0.385. The smallest absolute Gasteiger partial charge is 0.343 e. The maximum Gasteiger partial charge on any atom is 0.343 e. The molecule has 0 saturated heterocycles. The number of esters is 2. The van der Waals surface area contributed by atoms with E-state index < -0.39 is 11.9 Å². The van der Waals surface area contributed by atoms with Crippen LogP contribution in [0.3, 0.4) is 0 Å². The molecular formula is C21H24O5. The molecule has 138 valence electrons. The van der Waals surface area contributed by atoms with E-state index in [9.17, 15) is 9.59 Å². The van der Waals surface area contributed by atoms with Crippen LogP contribution in [0.25, 0.3) is 0 Å². The average Bonchev–Trinajstić information content (AvgIpc) is 2.65. The highest BCUT2D eigenvalue weighted by molar-refractivity contribution is 5.92. The lowest BCUT2D eigenvalue weighted by Gasteiger charge is -2.09. The minimum Gasteiger partial charge on any atom is -0.494 e. The van der Waals surface area contributed by atoms with Gasteiger partial charge < -0.3 is 14.2 Å². The van der Waals surface area contributed by atoms with Gasteiger partial charge in [-0.1, -0.05) is 26.8 Å². The summed E-state index contributed by atoms with van der Waals surface area (Å²) in [6.45, 7) is 6.91. The lowest BCUT2D eigenvalue weighted by molar-refractivity contribution is 0.0459. The maximum atomic E-state index is 12.3. The molecule has 0 bridgehead atoms. The standard InChI is InChI=1S/C21H24O5/c1-4-12-24-19-7-5-6-17(13-19)21(23)26-18-10-8-16(9-11-18)20(22)25-14-15(2)3/h5-11,13,15H,4,12,14H2,1-3H3. The number of carbonyl (C=O) groups excluding carboxylic acids is 2. The van der Waals surface area contributed by atoms with E-state index in [0.717, 1.165) is 6.42 Å². The third-order valence-electron chi connectivity index (χ3n) is 3.39. The van der Waals surface area contributed by atoms with Gasteiger partial charge in [-0.25, -0.2) is 9.59 Å². The van der Waals surface area contributed by atoms with Crippen LogP contribution in [-0.2, 0) is 4.74 Å². The van der Waals surface area contributed by atoms with Crippen molar-refractivity contribution in [3.63, 3.8) is 0 Å². The van der Waals surface area contributed by atoms with Gasteiger partial charge in [0.2, 0.25) is 0 Å². The Labute approximate surface area is 153 Å². The summed E-state index contributed by atoms with van der Waals surface area (Å²) in [6.07, 6.45) is 0.890. The molecule has 5 nitrogen and oxygen atoms in total. The first-order chi connectivity index (χ1) is 12.5. The van der Waals surface area contributed by atoms with Crippen molar-refractivity contribution < 1.29 is 23.8 Å². The minimum absolute atomic E-state index is 0.274. The molecule has 0 aliphatic heterocycles. The lowest BCUT2D eigenvalue weighted by atomic mass is 10.2. The Morgan fingerprint density at radius 1 is 0.923 bits per heavy atom. The molecule has 0 saturated carbocycles. The van der Waals surface area contributed by atoms with E-state index in [0.29, 0.717) is 35.8 Å². The van der Waals surface area contributed by atoms with Crippen LogP contribution in [0.2, 0.25) is 0 Å². The first kappa shape index (κ1) is 19.5. The van der Waals surface area contributed by atoms with Gasteiger partial charge in [-0.05, 0) is 54.8 Å². The van der Waals surface area contributed by atoms with Crippen molar-refractivity contribution in [2.24, 2.45) is 5.92 Å². The number of carbonyl (C=O) groups is 2. The number of rotatable bonds is 8. The van der Waals surface area contributed by atoms with Crippen LogP contribution in [-0.4, -0.2) is 25.2 Å². The van der Waals surface area contributed by atoms with Crippen LogP contribution in [0.15, 0.2) is 48.5 Å². The number of hydrogen-bond acceptors (Lipinski definition) is 5. The molecule has 0 unspecified atom stereocenters. The van der Waals surface area contributed by atoms with E-state index in [1.165, 1.54) is 0 Å². The predicted molar refractivity (Wildman–Crippen MR) is 98.7 cm³/mol. The fourth-order valence-electron chi connectivity index (χ4n) is 2.08. The van der Waals surface area contributed by atoms with E-state index in [4.69, 9.17) is 14.2 Å². The Bertz CT molecular complexity index is 734. The molecule has 2 rings (SSSR count). The summed E-state index contributed by atoms with van der Waals surface area (Å²) >= 11 is 0. The fourth-order valence-corrected chi connectivity index (χ4v) is 2.08. The zero-order valence-corrected chi connectivity index (χ0v) is 15.4. The van der Waals surface area contributed by atoms with Crippen LogP contribution in [0.1, 0.15) is 47.9 Å². The first-order valence-electron chi connectivity index (χ1n) is 8.71. The van der Waals surface area contributed by atoms with Gasteiger partial charge in [0.25, 0.3) is 0 Å². The summed E-state index contributed by atoms with van der Waals surface area (Å²) in [4.78, 5) is 24.2. The Balaban J connectivity index is 1.98. The van der Waals surface area contributed by atoms with Gasteiger partial charge in [0.1, 0.15) is 11.5 Å². The van der Waals surface area contributed by atoms with Crippen LogP contribution < -0.4 is 9.47 Å². The largest absolute Gasteiger partial charge is 0.494 e. The molecule has 0 N–H and O–H groups in total. The lowest BCUT2D eigenvalue weighted by Crippen LogP contribution is -2.11. The van der Waals surface area contributed by atoms with E-state index in [1.54, 1.807) is 48.5 Å². The third kappa shape index (κ3) is 5.92. The maximum absolute atomic E-state index is 12.3. The van der Waals surface area contributed by atoms with Crippen molar-refractivity contribution in [3.05, 3.63) is 59.7 Å². The van der Waals surface area contributed by atoms with E-state index >= 15 is 0 Å². The summed E-state index contributed by atoms with van der Waals surface area (Å²) in [5.41, 5.74) is 0.819. The zero-order chi connectivity index (χ0) is 18.9. The van der Waals surface area contributed by atoms with Gasteiger partial charge in [-0.3, -0.25) is 0 Å². The number of benzene rings is 2. The van der Waals surface area contributed by atoms with Crippen LogP contribution in [0.5, 0.6) is 11.5 Å². The molecule has 2 aromatic rings.